The van der Waals surface area contributed by atoms with E-state index in [1.54, 1.807) is 24.3 Å². The van der Waals surface area contributed by atoms with Crippen LogP contribution in [0.15, 0.2) is 24.3 Å². The Labute approximate surface area is 106 Å². The smallest absolute Gasteiger partial charge is 0.173 e. The highest BCUT2D eigenvalue weighted by atomic mass is 35.5. The van der Waals surface area contributed by atoms with Crippen molar-refractivity contribution in [1.82, 2.24) is 0 Å². The third kappa shape index (κ3) is 2.51. The van der Waals surface area contributed by atoms with Crippen molar-refractivity contribution in [2.75, 3.05) is 13.2 Å². The first kappa shape index (κ1) is 12.6. The van der Waals surface area contributed by atoms with Gasteiger partial charge in [-0.3, -0.25) is 4.79 Å². The molecule has 92 valence electrons. The fourth-order valence-corrected chi connectivity index (χ4v) is 1.98. The zero-order chi connectivity index (χ0) is 12.5. The number of Topliss-reactive ketones (excluding diaryl/α,β-unsaturated/α-hetero) is 1. The van der Waals surface area contributed by atoms with Crippen molar-refractivity contribution < 1.29 is 14.3 Å². The molecule has 1 aliphatic rings. The normalized spacial score (nSPS) is 17.4. The highest BCUT2D eigenvalue weighted by molar-refractivity contribution is 6.30. The number of ether oxygens (including phenoxy) is 2. The molecule has 1 aromatic rings. The summed E-state index contributed by atoms with van der Waals surface area (Å²) in [7, 11) is 0. The third-order valence-electron chi connectivity index (χ3n) is 2.90. The molecule has 0 unspecified atom stereocenters. The summed E-state index contributed by atoms with van der Waals surface area (Å²) < 4.78 is 10.8. The summed E-state index contributed by atoms with van der Waals surface area (Å²) in [5.41, 5.74) is -0.0665. The molecule has 1 aliphatic heterocycles. The molecule has 0 atom stereocenters. The Hall–Kier alpha value is -0.900. The minimum absolute atomic E-state index is 0.000988. The molecule has 0 N–H and O–H groups in total. The van der Waals surface area contributed by atoms with E-state index in [1.807, 2.05) is 13.8 Å². The standard InChI is InChI=1S/C13H15ClO3/c1-13(2,12-16-7-8-17-12)11(15)9-3-5-10(14)6-4-9/h3-6,12H,7-8H2,1-2H3. The molecule has 1 heterocycles. The molecule has 17 heavy (non-hydrogen) atoms. The van der Waals surface area contributed by atoms with E-state index in [9.17, 15) is 4.79 Å². The topological polar surface area (TPSA) is 35.5 Å². The van der Waals surface area contributed by atoms with E-state index in [2.05, 4.69) is 0 Å². The van der Waals surface area contributed by atoms with Crippen LogP contribution < -0.4 is 0 Å². The van der Waals surface area contributed by atoms with Gasteiger partial charge in [-0.25, -0.2) is 0 Å². The Kier molecular flexibility index (Phi) is 3.52. The lowest BCUT2D eigenvalue weighted by Gasteiger charge is -2.28. The lowest BCUT2D eigenvalue weighted by atomic mass is 9.83. The van der Waals surface area contributed by atoms with Crippen LogP contribution >= 0.6 is 11.6 Å². The van der Waals surface area contributed by atoms with Gasteiger partial charge in [0, 0.05) is 10.6 Å². The summed E-state index contributed by atoms with van der Waals surface area (Å²) in [4.78, 5) is 12.4. The number of carbonyl (C=O) groups excluding carboxylic acids is 1. The minimum Gasteiger partial charge on any atom is -0.349 e. The fraction of sp³-hybridized carbons (Fsp3) is 0.462. The SMILES string of the molecule is CC(C)(C(=O)c1ccc(Cl)cc1)C1OCCO1. The minimum atomic E-state index is -0.690. The summed E-state index contributed by atoms with van der Waals surface area (Å²) in [6.45, 7) is 4.75. The average Bonchev–Trinajstić information content (AvgIpc) is 2.83. The van der Waals surface area contributed by atoms with Gasteiger partial charge in [0.25, 0.3) is 0 Å². The van der Waals surface area contributed by atoms with Crippen LogP contribution in [0, 0.1) is 5.41 Å². The summed E-state index contributed by atoms with van der Waals surface area (Å²) in [5.74, 6) is 0.000988. The maximum Gasteiger partial charge on any atom is 0.173 e. The molecular formula is C13H15ClO3. The second-order valence-electron chi connectivity index (χ2n) is 4.63. The Balaban J connectivity index is 2.20. The van der Waals surface area contributed by atoms with E-state index < -0.39 is 11.7 Å². The Morgan fingerprint density at radius 2 is 1.76 bits per heavy atom. The number of hydrogen-bond acceptors (Lipinski definition) is 3. The molecule has 0 bridgehead atoms. The maximum absolute atomic E-state index is 12.4. The van der Waals surface area contributed by atoms with Gasteiger partial charge in [-0.15, -0.1) is 0 Å². The van der Waals surface area contributed by atoms with Crippen molar-refractivity contribution in [1.29, 1.82) is 0 Å². The summed E-state index contributed by atoms with van der Waals surface area (Å²) in [5, 5.41) is 0.618. The van der Waals surface area contributed by atoms with Crippen molar-refractivity contribution >= 4 is 17.4 Å². The summed E-state index contributed by atoms with van der Waals surface area (Å²) in [6, 6.07) is 6.87. The first-order valence-corrected chi connectivity index (χ1v) is 5.93. The van der Waals surface area contributed by atoms with Crippen molar-refractivity contribution in [2.45, 2.75) is 20.1 Å². The molecule has 0 spiro atoms. The summed E-state index contributed by atoms with van der Waals surface area (Å²) in [6.07, 6.45) is -0.467. The van der Waals surface area contributed by atoms with Crippen LogP contribution in [0.25, 0.3) is 0 Å². The number of rotatable bonds is 3. The largest absolute Gasteiger partial charge is 0.349 e. The number of carbonyl (C=O) groups is 1. The summed E-state index contributed by atoms with van der Waals surface area (Å²) >= 11 is 5.80. The van der Waals surface area contributed by atoms with Crippen molar-refractivity contribution in [2.24, 2.45) is 5.41 Å². The first-order chi connectivity index (χ1) is 8.01. The Morgan fingerprint density at radius 3 is 2.29 bits per heavy atom. The molecule has 0 aromatic heterocycles. The number of ketones is 1. The van der Waals surface area contributed by atoms with Crippen LogP contribution in [0.3, 0.4) is 0 Å². The van der Waals surface area contributed by atoms with Crippen LogP contribution in [0.5, 0.6) is 0 Å². The van der Waals surface area contributed by atoms with E-state index in [1.165, 1.54) is 0 Å². The van der Waals surface area contributed by atoms with Gasteiger partial charge in [-0.2, -0.15) is 0 Å². The van der Waals surface area contributed by atoms with E-state index in [0.717, 1.165) is 0 Å². The van der Waals surface area contributed by atoms with Gasteiger partial charge < -0.3 is 9.47 Å². The van der Waals surface area contributed by atoms with Crippen LogP contribution in [-0.2, 0) is 9.47 Å². The fourth-order valence-electron chi connectivity index (χ4n) is 1.86. The Bertz CT molecular complexity index is 405. The van der Waals surface area contributed by atoms with Crippen molar-refractivity contribution in [3.05, 3.63) is 34.9 Å². The Morgan fingerprint density at radius 1 is 1.24 bits per heavy atom. The lowest BCUT2D eigenvalue weighted by Crippen LogP contribution is -2.38. The van der Waals surface area contributed by atoms with Gasteiger partial charge in [-0.05, 0) is 38.1 Å². The highest BCUT2D eigenvalue weighted by Gasteiger charge is 2.40. The number of benzene rings is 1. The van der Waals surface area contributed by atoms with E-state index in [-0.39, 0.29) is 5.78 Å². The molecule has 1 saturated heterocycles. The monoisotopic (exact) mass is 254 g/mol. The maximum atomic E-state index is 12.4. The van der Waals surface area contributed by atoms with E-state index >= 15 is 0 Å². The van der Waals surface area contributed by atoms with Crippen LogP contribution in [0.2, 0.25) is 5.02 Å². The highest BCUT2D eigenvalue weighted by Crippen LogP contribution is 2.31. The van der Waals surface area contributed by atoms with E-state index in [4.69, 9.17) is 21.1 Å². The van der Waals surface area contributed by atoms with Crippen molar-refractivity contribution in [3.63, 3.8) is 0 Å². The predicted molar refractivity (Wildman–Crippen MR) is 65.3 cm³/mol. The molecule has 2 rings (SSSR count). The zero-order valence-corrected chi connectivity index (χ0v) is 10.7. The third-order valence-corrected chi connectivity index (χ3v) is 3.15. The second kappa shape index (κ2) is 4.77. The van der Waals surface area contributed by atoms with Gasteiger partial charge in [-0.1, -0.05) is 11.6 Å². The number of hydrogen-bond donors (Lipinski definition) is 0. The van der Waals surface area contributed by atoms with Gasteiger partial charge in [0.1, 0.15) is 0 Å². The van der Waals surface area contributed by atoms with Crippen LogP contribution in [0.1, 0.15) is 24.2 Å². The molecule has 0 amide bonds. The second-order valence-corrected chi connectivity index (χ2v) is 5.07. The molecule has 0 radical (unpaired) electrons. The first-order valence-electron chi connectivity index (χ1n) is 5.55. The zero-order valence-electron chi connectivity index (χ0n) is 9.90. The predicted octanol–water partition coefficient (Wildman–Crippen LogP) is 2.92. The molecule has 0 saturated carbocycles. The van der Waals surface area contributed by atoms with E-state index in [0.29, 0.717) is 23.8 Å². The molecular weight excluding hydrogens is 240 g/mol. The van der Waals surface area contributed by atoms with Crippen molar-refractivity contribution in [3.8, 4) is 0 Å². The van der Waals surface area contributed by atoms with Crippen LogP contribution in [0.4, 0.5) is 0 Å². The number of halogens is 1. The van der Waals surface area contributed by atoms with Gasteiger partial charge in [0.2, 0.25) is 0 Å². The van der Waals surface area contributed by atoms with Gasteiger partial charge >= 0.3 is 0 Å². The molecule has 4 heteroatoms. The van der Waals surface area contributed by atoms with Gasteiger partial charge in [0.05, 0.1) is 18.6 Å². The molecule has 1 fully saturated rings. The molecule has 3 nitrogen and oxygen atoms in total. The molecule has 1 aromatic carbocycles. The molecule has 0 aliphatic carbocycles. The van der Waals surface area contributed by atoms with Gasteiger partial charge in [0.15, 0.2) is 12.1 Å². The quantitative estimate of drug-likeness (QED) is 0.778. The lowest BCUT2D eigenvalue weighted by molar-refractivity contribution is -0.103. The van der Waals surface area contributed by atoms with Crippen LogP contribution in [-0.4, -0.2) is 25.3 Å². The average molecular weight is 255 g/mol.